The third kappa shape index (κ3) is 3.06. The maximum Gasteiger partial charge on any atom is 0.220 e. The molecule has 0 atom stereocenters. The molecule has 0 radical (unpaired) electrons. The summed E-state index contributed by atoms with van der Waals surface area (Å²) in [6.07, 6.45) is 4.01. The van der Waals surface area contributed by atoms with Gasteiger partial charge in [0, 0.05) is 17.8 Å². The van der Waals surface area contributed by atoms with Crippen LogP contribution < -0.4 is 5.32 Å². The van der Waals surface area contributed by atoms with Crippen molar-refractivity contribution >= 4 is 17.2 Å². The second-order valence-corrected chi connectivity index (χ2v) is 5.47. The Morgan fingerprint density at radius 1 is 1.56 bits per heavy atom. The Labute approximate surface area is 99.5 Å². The number of rotatable bonds is 5. The summed E-state index contributed by atoms with van der Waals surface area (Å²) in [5.74, 6) is 0.0359. The number of hydrogen-bond acceptors (Lipinski definition) is 3. The first-order chi connectivity index (χ1) is 7.68. The van der Waals surface area contributed by atoms with Crippen LogP contribution >= 0.6 is 11.3 Å². The lowest BCUT2D eigenvalue weighted by atomic mass is 9.80. The molecule has 88 valence electrons. The van der Waals surface area contributed by atoms with Gasteiger partial charge in [0.05, 0.1) is 5.60 Å². The molecule has 2 N–H and O–H groups in total. The summed E-state index contributed by atoms with van der Waals surface area (Å²) in [6, 6.07) is 4.03. The molecule has 16 heavy (non-hydrogen) atoms. The topological polar surface area (TPSA) is 49.3 Å². The Morgan fingerprint density at radius 3 is 2.94 bits per heavy atom. The van der Waals surface area contributed by atoms with E-state index < -0.39 is 5.60 Å². The quantitative estimate of drug-likeness (QED) is 0.822. The van der Waals surface area contributed by atoms with Crippen molar-refractivity contribution in [2.45, 2.75) is 37.7 Å². The number of hydrogen-bond donors (Lipinski definition) is 2. The molecule has 4 heteroatoms. The van der Waals surface area contributed by atoms with Crippen molar-refractivity contribution in [2.24, 2.45) is 0 Å². The molecule has 0 saturated heterocycles. The molecule has 2 rings (SSSR count). The number of thiophene rings is 1. The molecule has 1 amide bonds. The predicted molar refractivity (Wildman–Crippen MR) is 64.5 cm³/mol. The second-order valence-electron chi connectivity index (χ2n) is 4.43. The summed E-state index contributed by atoms with van der Waals surface area (Å²) in [6.45, 7) is 0.413. The van der Waals surface area contributed by atoms with Crippen LogP contribution in [0.4, 0.5) is 0 Å². The van der Waals surface area contributed by atoms with Crippen LogP contribution in [0.2, 0.25) is 0 Å². The Morgan fingerprint density at radius 2 is 2.38 bits per heavy atom. The van der Waals surface area contributed by atoms with E-state index in [1.165, 1.54) is 4.88 Å². The summed E-state index contributed by atoms with van der Waals surface area (Å²) in [4.78, 5) is 12.7. The van der Waals surface area contributed by atoms with Crippen molar-refractivity contribution in [1.82, 2.24) is 5.32 Å². The molecule has 1 aromatic rings. The molecule has 0 spiro atoms. The fourth-order valence-electron chi connectivity index (χ4n) is 1.80. The van der Waals surface area contributed by atoms with Gasteiger partial charge in [0.2, 0.25) is 5.91 Å². The average Bonchev–Trinajstić information content (AvgIpc) is 2.73. The van der Waals surface area contributed by atoms with Crippen molar-refractivity contribution < 1.29 is 9.90 Å². The van der Waals surface area contributed by atoms with Crippen LogP contribution in [0.25, 0.3) is 0 Å². The highest BCUT2D eigenvalue weighted by atomic mass is 32.1. The first-order valence-corrected chi connectivity index (χ1v) is 6.57. The van der Waals surface area contributed by atoms with E-state index in [0.717, 1.165) is 25.7 Å². The first kappa shape index (κ1) is 11.6. The van der Waals surface area contributed by atoms with Crippen LogP contribution in [0, 0.1) is 0 Å². The number of nitrogens with one attached hydrogen (secondary N) is 1. The van der Waals surface area contributed by atoms with Gasteiger partial charge in [-0.05, 0) is 37.1 Å². The minimum absolute atomic E-state index is 0.0359. The van der Waals surface area contributed by atoms with Crippen molar-refractivity contribution in [2.75, 3.05) is 6.54 Å². The molecule has 1 aliphatic rings. The van der Waals surface area contributed by atoms with Gasteiger partial charge in [-0.15, -0.1) is 11.3 Å². The van der Waals surface area contributed by atoms with Gasteiger partial charge in [-0.3, -0.25) is 4.79 Å². The van der Waals surface area contributed by atoms with E-state index in [2.05, 4.69) is 5.32 Å². The Balaban J connectivity index is 1.65. The lowest BCUT2D eigenvalue weighted by molar-refractivity contribution is -0.123. The predicted octanol–water partition coefficient (Wildman–Crippen LogP) is 1.71. The molecule has 1 saturated carbocycles. The van der Waals surface area contributed by atoms with Gasteiger partial charge in [-0.25, -0.2) is 0 Å². The molecule has 0 bridgehead atoms. The van der Waals surface area contributed by atoms with E-state index in [4.69, 9.17) is 0 Å². The number of carbonyl (C=O) groups excluding carboxylic acids is 1. The Hall–Kier alpha value is -0.870. The third-order valence-corrected chi connectivity index (χ3v) is 4.01. The molecule has 1 aromatic heterocycles. The Bertz CT molecular complexity index is 344. The van der Waals surface area contributed by atoms with Gasteiger partial charge in [-0.2, -0.15) is 0 Å². The largest absolute Gasteiger partial charge is 0.388 e. The van der Waals surface area contributed by atoms with Gasteiger partial charge in [-0.1, -0.05) is 6.07 Å². The summed E-state index contributed by atoms with van der Waals surface area (Å²) in [5, 5.41) is 14.6. The zero-order chi connectivity index (χ0) is 11.4. The van der Waals surface area contributed by atoms with E-state index in [9.17, 15) is 9.90 Å². The van der Waals surface area contributed by atoms with Gasteiger partial charge in [0.15, 0.2) is 0 Å². The maximum atomic E-state index is 11.5. The highest BCUT2D eigenvalue weighted by Gasteiger charge is 2.34. The standard InChI is InChI=1S/C12H17NO2S/c14-11(5-4-10-3-1-8-16-10)13-9-12(15)6-2-7-12/h1,3,8,15H,2,4-7,9H2,(H,13,14). The fourth-order valence-corrected chi connectivity index (χ4v) is 2.51. The lowest BCUT2D eigenvalue weighted by Crippen LogP contribution is -2.47. The van der Waals surface area contributed by atoms with Gasteiger partial charge < -0.3 is 10.4 Å². The van der Waals surface area contributed by atoms with E-state index in [1.807, 2.05) is 17.5 Å². The Kier molecular flexibility index (Phi) is 3.61. The SMILES string of the molecule is O=C(CCc1cccs1)NCC1(O)CCC1. The smallest absolute Gasteiger partial charge is 0.220 e. The zero-order valence-electron chi connectivity index (χ0n) is 9.24. The maximum absolute atomic E-state index is 11.5. The molecule has 0 aliphatic heterocycles. The second kappa shape index (κ2) is 4.97. The van der Waals surface area contributed by atoms with E-state index in [-0.39, 0.29) is 5.91 Å². The number of aryl methyl sites for hydroxylation is 1. The van der Waals surface area contributed by atoms with E-state index >= 15 is 0 Å². The zero-order valence-corrected chi connectivity index (χ0v) is 10.1. The summed E-state index contributed by atoms with van der Waals surface area (Å²) in [7, 11) is 0. The minimum atomic E-state index is -0.613. The van der Waals surface area contributed by atoms with Crippen molar-refractivity contribution in [1.29, 1.82) is 0 Å². The average molecular weight is 239 g/mol. The summed E-state index contributed by atoms with van der Waals surface area (Å²) >= 11 is 1.67. The normalized spacial score (nSPS) is 17.8. The van der Waals surface area contributed by atoms with Crippen molar-refractivity contribution in [3.8, 4) is 0 Å². The van der Waals surface area contributed by atoms with Crippen molar-refractivity contribution in [3.05, 3.63) is 22.4 Å². The molecular formula is C12H17NO2S. The van der Waals surface area contributed by atoms with Crippen LogP contribution in [0.5, 0.6) is 0 Å². The first-order valence-electron chi connectivity index (χ1n) is 5.69. The summed E-state index contributed by atoms with van der Waals surface area (Å²) in [5.41, 5.74) is -0.613. The highest BCUT2D eigenvalue weighted by Crippen LogP contribution is 2.30. The minimum Gasteiger partial charge on any atom is -0.388 e. The van der Waals surface area contributed by atoms with Crippen LogP contribution in [0.1, 0.15) is 30.6 Å². The molecular weight excluding hydrogens is 222 g/mol. The van der Waals surface area contributed by atoms with Gasteiger partial charge >= 0.3 is 0 Å². The van der Waals surface area contributed by atoms with E-state index in [0.29, 0.717) is 13.0 Å². The van der Waals surface area contributed by atoms with E-state index in [1.54, 1.807) is 11.3 Å². The number of carbonyl (C=O) groups is 1. The lowest BCUT2D eigenvalue weighted by Gasteiger charge is -2.36. The molecule has 1 aliphatic carbocycles. The van der Waals surface area contributed by atoms with Gasteiger partial charge in [0.1, 0.15) is 0 Å². The van der Waals surface area contributed by atoms with Crippen molar-refractivity contribution in [3.63, 3.8) is 0 Å². The monoisotopic (exact) mass is 239 g/mol. The third-order valence-electron chi connectivity index (χ3n) is 3.08. The van der Waals surface area contributed by atoms with Crippen LogP contribution in [-0.4, -0.2) is 23.2 Å². The van der Waals surface area contributed by atoms with Gasteiger partial charge in [0.25, 0.3) is 0 Å². The van der Waals surface area contributed by atoms with Crippen LogP contribution in [0.15, 0.2) is 17.5 Å². The summed E-state index contributed by atoms with van der Waals surface area (Å²) < 4.78 is 0. The van der Waals surface area contributed by atoms with Crippen LogP contribution in [0.3, 0.4) is 0 Å². The molecule has 1 heterocycles. The fraction of sp³-hybridized carbons (Fsp3) is 0.583. The molecule has 3 nitrogen and oxygen atoms in total. The molecule has 0 unspecified atom stereocenters. The number of amides is 1. The highest BCUT2D eigenvalue weighted by molar-refractivity contribution is 7.09. The number of aliphatic hydroxyl groups is 1. The molecule has 0 aromatic carbocycles. The van der Waals surface area contributed by atoms with Crippen LogP contribution in [-0.2, 0) is 11.2 Å². The molecule has 1 fully saturated rings.